The fourth-order valence-electron chi connectivity index (χ4n) is 1.88. The van der Waals surface area contributed by atoms with Gasteiger partial charge in [-0.2, -0.15) is 0 Å². The number of anilines is 1. The predicted octanol–water partition coefficient (Wildman–Crippen LogP) is 2.46. The molecule has 0 radical (unpaired) electrons. The van der Waals surface area contributed by atoms with Crippen LogP contribution in [0.3, 0.4) is 0 Å². The van der Waals surface area contributed by atoms with E-state index in [0.717, 1.165) is 13.1 Å². The number of rotatable bonds is 7. The highest BCUT2D eigenvalue weighted by Gasteiger charge is 2.19. The SMILES string of the molecule is CC(C)CN(CCN(C)C)c1nc(Cl)ccc1C(=O)O. The smallest absolute Gasteiger partial charge is 0.339 e. The molecule has 0 fully saturated rings. The van der Waals surface area contributed by atoms with Gasteiger partial charge < -0.3 is 14.9 Å². The normalized spacial score (nSPS) is 11.2. The van der Waals surface area contributed by atoms with Crippen LogP contribution in [0.1, 0.15) is 24.2 Å². The van der Waals surface area contributed by atoms with Gasteiger partial charge in [-0.15, -0.1) is 0 Å². The molecule has 1 heterocycles. The number of likely N-dealkylation sites (N-methyl/N-ethyl adjacent to an activating group) is 1. The number of aromatic carboxylic acids is 1. The van der Waals surface area contributed by atoms with Crippen molar-refractivity contribution >= 4 is 23.4 Å². The van der Waals surface area contributed by atoms with Crippen molar-refractivity contribution in [2.75, 3.05) is 38.6 Å². The Morgan fingerprint density at radius 3 is 2.50 bits per heavy atom. The molecule has 1 N–H and O–H groups in total. The van der Waals surface area contributed by atoms with Gasteiger partial charge >= 0.3 is 5.97 Å². The van der Waals surface area contributed by atoms with Crippen LogP contribution in [0, 0.1) is 5.92 Å². The van der Waals surface area contributed by atoms with Crippen LogP contribution < -0.4 is 4.90 Å². The van der Waals surface area contributed by atoms with E-state index in [1.54, 1.807) is 0 Å². The summed E-state index contributed by atoms with van der Waals surface area (Å²) in [4.78, 5) is 19.6. The first-order valence-corrected chi connectivity index (χ1v) is 6.98. The van der Waals surface area contributed by atoms with Crippen molar-refractivity contribution in [3.63, 3.8) is 0 Å². The second kappa shape index (κ2) is 7.45. The van der Waals surface area contributed by atoms with Gasteiger partial charge in [0.05, 0.1) is 0 Å². The van der Waals surface area contributed by atoms with E-state index in [4.69, 9.17) is 11.6 Å². The maximum Gasteiger partial charge on any atom is 0.339 e. The molecule has 0 atom stereocenters. The highest BCUT2D eigenvalue weighted by atomic mass is 35.5. The molecule has 0 amide bonds. The molecular weight excluding hydrogens is 278 g/mol. The first kappa shape index (κ1) is 16.7. The van der Waals surface area contributed by atoms with Crippen LogP contribution in [0.5, 0.6) is 0 Å². The third-order valence-corrected chi connectivity index (χ3v) is 2.98. The molecule has 0 spiro atoms. The summed E-state index contributed by atoms with van der Waals surface area (Å²) in [6, 6.07) is 3.02. The van der Waals surface area contributed by atoms with Crippen molar-refractivity contribution in [2.45, 2.75) is 13.8 Å². The summed E-state index contributed by atoms with van der Waals surface area (Å²) in [6.07, 6.45) is 0. The lowest BCUT2D eigenvalue weighted by Crippen LogP contribution is -2.36. The lowest BCUT2D eigenvalue weighted by atomic mass is 10.1. The predicted molar refractivity (Wildman–Crippen MR) is 81.8 cm³/mol. The van der Waals surface area contributed by atoms with Gasteiger partial charge in [-0.3, -0.25) is 0 Å². The fraction of sp³-hybridized carbons (Fsp3) is 0.571. The van der Waals surface area contributed by atoms with E-state index in [0.29, 0.717) is 23.4 Å². The van der Waals surface area contributed by atoms with Gasteiger partial charge in [0.15, 0.2) is 0 Å². The zero-order valence-corrected chi connectivity index (χ0v) is 13.2. The van der Waals surface area contributed by atoms with E-state index < -0.39 is 5.97 Å². The minimum Gasteiger partial charge on any atom is -0.478 e. The van der Waals surface area contributed by atoms with Crippen molar-refractivity contribution in [1.82, 2.24) is 9.88 Å². The Bertz CT molecular complexity index is 464. The Morgan fingerprint density at radius 1 is 1.35 bits per heavy atom. The third kappa shape index (κ3) is 4.98. The topological polar surface area (TPSA) is 56.7 Å². The third-order valence-electron chi connectivity index (χ3n) is 2.77. The average Bonchev–Trinajstić information content (AvgIpc) is 2.33. The van der Waals surface area contributed by atoms with E-state index in [2.05, 4.69) is 23.7 Å². The van der Waals surface area contributed by atoms with Gasteiger partial charge in [0.1, 0.15) is 16.5 Å². The number of pyridine rings is 1. The van der Waals surface area contributed by atoms with Crippen LogP contribution in [0.15, 0.2) is 12.1 Å². The molecule has 0 aliphatic heterocycles. The molecule has 1 aromatic heterocycles. The zero-order chi connectivity index (χ0) is 15.3. The lowest BCUT2D eigenvalue weighted by molar-refractivity contribution is 0.0697. The molecule has 112 valence electrons. The fourth-order valence-corrected chi connectivity index (χ4v) is 2.02. The van der Waals surface area contributed by atoms with Crippen molar-refractivity contribution in [1.29, 1.82) is 0 Å². The minimum atomic E-state index is -0.984. The average molecular weight is 300 g/mol. The molecule has 0 aliphatic rings. The number of carboxylic acids is 1. The molecule has 0 saturated heterocycles. The van der Waals surface area contributed by atoms with E-state index >= 15 is 0 Å². The van der Waals surface area contributed by atoms with Crippen molar-refractivity contribution < 1.29 is 9.90 Å². The number of carboxylic acid groups (broad SMARTS) is 1. The van der Waals surface area contributed by atoms with Gasteiger partial charge in [0.2, 0.25) is 0 Å². The lowest BCUT2D eigenvalue weighted by Gasteiger charge is -2.28. The number of hydrogen-bond acceptors (Lipinski definition) is 4. The van der Waals surface area contributed by atoms with E-state index in [1.807, 2.05) is 19.0 Å². The molecule has 0 aliphatic carbocycles. The van der Waals surface area contributed by atoms with Crippen LogP contribution in [0.4, 0.5) is 5.82 Å². The molecule has 0 bridgehead atoms. The monoisotopic (exact) mass is 299 g/mol. The molecule has 1 rings (SSSR count). The van der Waals surface area contributed by atoms with Crippen LogP contribution in [0.25, 0.3) is 0 Å². The number of halogens is 1. The molecule has 0 unspecified atom stereocenters. The summed E-state index contributed by atoms with van der Waals surface area (Å²) >= 11 is 5.92. The van der Waals surface area contributed by atoms with Crippen LogP contribution in [0.2, 0.25) is 5.15 Å². The standard InChI is InChI=1S/C14H22ClN3O2/c1-10(2)9-18(8-7-17(3)4)13-11(14(19)20)5-6-12(15)16-13/h5-6,10H,7-9H2,1-4H3,(H,19,20). The molecule has 0 saturated carbocycles. The molecule has 6 heteroatoms. The van der Waals surface area contributed by atoms with Crippen LogP contribution in [-0.4, -0.2) is 54.7 Å². The van der Waals surface area contributed by atoms with Gasteiger partial charge in [-0.05, 0) is 32.1 Å². The number of aromatic nitrogens is 1. The first-order valence-electron chi connectivity index (χ1n) is 6.60. The van der Waals surface area contributed by atoms with Crippen LogP contribution in [-0.2, 0) is 0 Å². The maximum absolute atomic E-state index is 11.3. The number of hydrogen-bond donors (Lipinski definition) is 1. The van der Waals surface area contributed by atoms with E-state index in [1.165, 1.54) is 12.1 Å². The Kier molecular flexibility index (Phi) is 6.23. The van der Waals surface area contributed by atoms with Gasteiger partial charge in [-0.1, -0.05) is 25.4 Å². The summed E-state index contributed by atoms with van der Waals surface area (Å²) in [5, 5.41) is 9.61. The van der Waals surface area contributed by atoms with Crippen molar-refractivity contribution in [2.24, 2.45) is 5.92 Å². The van der Waals surface area contributed by atoms with E-state index in [-0.39, 0.29) is 5.56 Å². The Morgan fingerprint density at radius 2 is 2.00 bits per heavy atom. The summed E-state index contributed by atoms with van der Waals surface area (Å²) < 4.78 is 0. The highest BCUT2D eigenvalue weighted by molar-refractivity contribution is 6.29. The molecular formula is C14H22ClN3O2. The molecule has 1 aromatic rings. The second-order valence-electron chi connectivity index (χ2n) is 5.45. The largest absolute Gasteiger partial charge is 0.478 e. The molecule has 5 nitrogen and oxygen atoms in total. The van der Waals surface area contributed by atoms with Gasteiger partial charge in [0, 0.05) is 19.6 Å². The molecule has 20 heavy (non-hydrogen) atoms. The summed E-state index contributed by atoms with van der Waals surface area (Å²) in [5.74, 6) is -0.136. The summed E-state index contributed by atoms with van der Waals surface area (Å²) in [5.41, 5.74) is 0.189. The number of nitrogens with zero attached hydrogens (tertiary/aromatic N) is 3. The molecule has 0 aromatic carbocycles. The Labute approximate surface area is 125 Å². The quantitative estimate of drug-likeness (QED) is 0.784. The van der Waals surface area contributed by atoms with Crippen LogP contribution >= 0.6 is 11.6 Å². The second-order valence-corrected chi connectivity index (χ2v) is 5.84. The van der Waals surface area contributed by atoms with Crippen molar-refractivity contribution in [3.8, 4) is 0 Å². The van der Waals surface area contributed by atoms with Crippen molar-refractivity contribution in [3.05, 3.63) is 22.8 Å². The van der Waals surface area contributed by atoms with E-state index in [9.17, 15) is 9.90 Å². The Hall–Kier alpha value is -1.33. The zero-order valence-electron chi connectivity index (χ0n) is 12.4. The minimum absolute atomic E-state index is 0.189. The van der Waals surface area contributed by atoms with Gasteiger partial charge in [0.25, 0.3) is 0 Å². The first-order chi connectivity index (χ1) is 9.31. The summed E-state index contributed by atoms with van der Waals surface area (Å²) in [7, 11) is 3.97. The Balaban J connectivity index is 3.10. The highest BCUT2D eigenvalue weighted by Crippen LogP contribution is 2.22. The maximum atomic E-state index is 11.3. The van der Waals surface area contributed by atoms with Gasteiger partial charge in [-0.25, -0.2) is 9.78 Å². The number of carbonyl (C=O) groups is 1. The summed E-state index contributed by atoms with van der Waals surface area (Å²) in [6.45, 7) is 6.45.